The van der Waals surface area contributed by atoms with E-state index in [1.54, 1.807) is 26.7 Å². The molecule has 7 heteroatoms. The zero-order valence-corrected chi connectivity index (χ0v) is 17.1. The molecular weight excluding hydrogens is 366 g/mol. The van der Waals surface area contributed by atoms with Gasteiger partial charge in [0.25, 0.3) is 0 Å². The molecule has 0 spiro atoms. The number of aliphatic imine (C=N–C) groups is 1. The summed E-state index contributed by atoms with van der Waals surface area (Å²) < 4.78 is 12.7. The summed E-state index contributed by atoms with van der Waals surface area (Å²) in [7, 11) is 3.26. The van der Waals surface area contributed by atoms with E-state index < -0.39 is 0 Å². The van der Waals surface area contributed by atoms with Crippen LogP contribution in [0.15, 0.2) is 66.2 Å². The van der Waals surface area contributed by atoms with Gasteiger partial charge in [0.05, 0.1) is 32.8 Å². The minimum atomic E-state index is 0.527. The van der Waals surface area contributed by atoms with Crippen molar-refractivity contribution in [3.05, 3.63) is 72.3 Å². The standard InChI is InChI=1S/C22H27N5O2/c1-4-24-22(25-14-17-9-10-20(28-2)21(13-17)29-3)26-15-18-7-5-6-8-19(18)27-12-11-23-16-27/h5-13,16H,4,14-15H2,1-3H3,(H2,24,25,26). The molecule has 2 N–H and O–H groups in total. The Morgan fingerprint density at radius 2 is 1.90 bits per heavy atom. The first-order valence-corrected chi connectivity index (χ1v) is 9.54. The lowest BCUT2D eigenvalue weighted by Gasteiger charge is -2.14. The predicted molar refractivity (Wildman–Crippen MR) is 115 cm³/mol. The lowest BCUT2D eigenvalue weighted by molar-refractivity contribution is 0.354. The van der Waals surface area contributed by atoms with Crippen molar-refractivity contribution in [3.63, 3.8) is 0 Å². The fraction of sp³-hybridized carbons (Fsp3) is 0.273. The van der Waals surface area contributed by atoms with Gasteiger partial charge in [-0.1, -0.05) is 24.3 Å². The SMILES string of the molecule is CCNC(=NCc1ccc(OC)c(OC)c1)NCc1ccccc1-n1ccnc1. The van der Waals surface area contributed by atoms with Crippen molar-refractivity contribution in [2.45, 2.75) is 20.0 Å². The van der Waals surface area contributed by atoms with E-state index in [4.69, 9.17) is 14.5 Å². The van der Waals surface area contributed by atoms with Crippen molar-refractivity contribution in [2.75, 3.05) is 20.8 Å². The van der Waals surface area contributed by atoms with Crippen LogP contribution in [0, 0.1) is 0 Å². The largest absolute Gasteiger partial charge is 0.493 e. The topological polar surface area (TPSA) is 72.7 Å². The zero-order chi connectivity index (χ0) is 20.5. The summed E-state index contributed by atoms with van der Waals surface area (Å²) in [5.74, 6) is 2.16. The fourth-order valence-electron chi connectivity index (χ4n) is 2.98. The van der Waals surface area contributed by atoms with Crippen molar-refractivity contribution in [1.82, 2.24) is 20.2 Å². The van der Waals surface area contributed by atoms with Gasteiger partial charge in [0.1, 0.15) is 0 Å². The highest BCUT2D eigenvalue weighted by atomic mass is 16.5. The number of imidazole rings is 1. The van der Waals surface area contributed by atoms with Crippen LogP contribution in [0.2, 0.25) is 0 Å². The highest BCUT2D eigenvalue weighted by Gasteiger charge is 2.07. The van der Waals surface area contributed by atoms with Gasteiger partial charge in [0, 0.05) is 25.5 Å². The molecule has 0 aliphatic heterocycles. The van der Waals surface area contributed by atoms with Gasteiger partial charge in [-0.3, -0.25) is 0 Å². The third kappa shape index (κ3) is 5.28. The number of nitrogens with one attached hydrogen (secondary N) is 2. The summed E-state index contributed by atoms with van der Waals surface area (Å²) in [5.41, 5.74) is 3.29. The molecule has 0 fully saturated rings. The molecule has 1 heterocycles. The lowest BCUT2D eigenvalue weighted by atomic mass is 10.1. The number of rotatable bonds is 8. The van der Waals surface area contributed by atoms with Crippen LogP contribution in [0.4, 0.5) is 0 Å². The molecule has 1 aromatic heterocycles. The Hall–Kier alpha value is -3.48. The highest BCUT2D eigenvalue weighted by Crippen LogP contribution is 2.27. The molecule has 0 aliphatic carbocycles. The number of guanidine groups is 1. The van der Waals surface area contributed by atoms with Crippen molar-refractivity contribution >= 4 is 5.96 Å². The van der Waals surface area contributed by atoms with Gasteiger partial charge in [-0.05, 0) is 36.2 Å². The molecule has 0 radical (unpaired) electrons. The minimum Gasteiger partial charge on any atom is -0.493 e. The van der Waals surface area contributed by atoms with Crippen molar-refractivity contribution in [2.24, 2.45) is 4.99 Å². The van der Waals surface area contributed by atoms with Crippen LogP contribution in [-0.2, 0) is 13.1 Å². The number of ether oxygens (including phenoxy) is 2. The number of hydrogen-bond acceptors (Lipinski definition) is 4. The molecule has 0 atom stereocenters. The minimum absolute atomic E-state index is 0.527. The van der Waals surface area contributed by atoms with Gasteiger partial charge in [-0.2, -0.15) is 0 Å². The van der Waals surface area contributed by atoms with Crippen molar-refractivity contribution < 1.29 is 9.47 Å². The van der Waals surface area contributed by atoms with E-state index in [2.05, 4.69) is 27.8 Å². The number of methoxy groups -OCH3 is 2. The maximum atomic E-state index is 5.37. The first-order chi connectivity index (χ1) is 14.2. The third-order valence-corrected chi connectivity index (χ3v) is 4.43. The normalized spacial score (nSPS) is 11.2. The van der Waals surface area contributed by atoms with E-state index >= 15 is 0 Å². The molecule has 0 saturated heterocycles. The van der Waals surface area contributed by atoms with Crippen LogP contribution in [-0.4, -0.2) is 36.3 Å². The summed E-state index contributed by atoms with van der Waals surface area (Å²) in [6.07, 6.45) is 5.52. The van der Waals surface area contributed by atoms with E-state index in [1.807, 2.05) is 48.0 Å². The molecule has 2 aromatic carbocycles. The molecule has 0 amide bonds. The van der Waals surface area contributed by atoms with Gasteiger partial charge in [0.2, 0.25) is 0 Å². The monoisotopic (exact) mass is 393 g/mol. The first kappa shape index (κ1) is 20.3. The Morgan fingerprint density at radius 3 is 2.62 bits per heavy atom. The zero-order valence-electron chi connectivity index (χ0n) is 17.1. The van der Waals surface area contributed by atoms with E-state index in [0.29, 0.717) is 24.6 Å². The highest BCUT2D eigenvalue weighted by molar-refractivity contribution is 5.79. The van der Waals surface area contributed by atoms with Gasteiger partial charge >= 0.3 is 0 Å². The Balaban J connectivity index is 1.71. The summed E-state index contributed by atoms with van der Waals surface area (Å²) in [6.45, 7) is 4.00. The molecule has 0 saturated carbocycles. The Morgan fingerprint density at radius 1 is 1.07 bits per heavy atom. The van der Waals surface area contributed by atoms with Crippen LogP contribution in [0.25, 0.3) is 5.69 Å². The van der Waals surface area contributed by atoms with E-state index in [-0.39, 0.29) is 0 Å². The van der Waals surface area contributed by atoms with Gasteiger partial charge < -0.3 is 24.7 Å². The number of nitrogens with zero attached hydrogens (tertiary/aromatic N) is 3. The quantitative estimate of drug-likeness (QED) is 0.454. The van der Waals surface area contributed by atoms with Gasteiger partial charge in [-0.25, -0.2) is 9.98 Å². The number of benzene rings is 2. The maximum absolute atomic E-state index is 5.37. The van der Waals surface area contributed by atoms with Gasteiger partial charge in [-0.15, -0.1) is 0 Å². The second-order valence-electron chi connectivity index (χ2n) is 6.34. The third-order valence-electron chi connectivity index (χ3n) is 4.43. The van der Waals surface area contributed by atoms with E-state index in [9.17, 15) is 0 Å². The van der Waals surface area contributed by atoms with Crippen LogP contribution in [0.1, 0.15) is 18.1 Å². The molecule has 0 bridgehead atoms. The maximum Gasteiger partial charge on any atom is 0.191 e. The Labute approximate surface area is 171 Å². The second kappa shape index (κ2) is 10.2. The smallest absolute Gasteiger partial charge is 0.191 e. The molecular formula is C22H27N5O2. The lowest BCUT2D eigenvalue weighted by Crippen LogP contribution is -2.37. The Bertz CT molecular complexity index is 938. The predicted octanol–water partition coefficient (Wildman–Crippen LogP) is 3.14. The molecule has 0 unspecified atom stereocenters. The van der Waals surface area contributed by atoms with Crippen LogP contribution in [0.5, 0.6) is 11.5 Å². The Kier molecular flexibility index (Phi) is 7.10. The van der Waals surface area contributed by atoms with Crippen LogP contribution < -0.4 is 20.1 Å². The van der Waals surface area contributed by atoms with Crippen molar-refractivity contribution in [1.29, 1.82) is 0 Å². The van der Waals surface area contributed by atoms with Crippen LogP contribution >= 0.6 is 0 Å². The first-order valence-electron chi connectivity index (χ1n) is 9.54. The summed E-state index contributed by atoms with van der Waals surface area (Å²) >= 11 is 0. The summed E-state index contributed by atoms with van der Waals surface area (Å²) in [5, 5.41) is 6.70. The molecule has 0 aliphatic rings. The van der Waals surface area contributed by atoms with Crippen molar-refractivity contribution in [3.8, 4) is 17.2 Å². The molecule has 152 valence electrons. The average Bonchev–Trinajstić information content (AvgIpc) is 3.30. The number of hydrogen-bond donors (Lipinski definition) is 2. The summed E-state index contributed by atoms with van der Waals surface area (Å²) in [6, 6.07) is 14.1. The van der Waals surface area contributed by atoms with E-state index in [0.717, 1.165) is 29.3 Å². The number of para-hydroxylation sites is 1. The molecule has 3 rings (SSSR count). The van der Waals surface area contributed by atoms with E-state index in [1.165, 1.54) is 0 Å². The molecule has 7 nitrogen and oxygen atoms in total. The second-order valence-corrected chi connectivity index (χ2v) is 6.34. The average molecular weight is 393 g/mol. The molecule has 3 aromatic rings. The fourth-order valence-corrected chi connectivity index (χ4v) is 2.98. The number of aromatic nitrogens is 2. The van der Waals surface area contributed by atoms with Crippen LogP contribution in [0.3, 0.4) is 0 Å². The molecule has 29 heavy (non-hydrogen) atoms. The van der Waals surface area contributed by atoms with Gasteiger partial charge in [0.15, 0.2) is 17.5 Å². The summed E-state index contributed by atoms with van der Waals surface area (Å²) in [4.78, 5) is 8.84.